The topological polar surface area (TPSA) is 24.1 Å². The van der Waals surface area contributed by atoms with Gasteiger partial charge in [-0.05, 0) is 44.9 Å². The molecule has 2 saturated heterocycles. The van der Waals surface area contributed by atoms with E-state index in [0.717, 1.165) is 11.8 Å². The minimum atomic E-state index is 0.586. The molecular formula is C11H22N2. The molecule has 2 N–H and O–H groups in total. The average molecular weight is 182 g/mol. The molecule has 0 spiro atoms. The molecule has 0 radical (unpaired) electrons. The van der Waals surface area contributed by atoms with Crippen molar-refractivity contribution in [3.05, 3.63) is 0 Å². The number of nitrogens with one attached hydrogen (secondary N) is 2. The van der Waals surface area contributed by atoms with Crippen molar-refractivity contribution in [1.82, 2.24) is 10.6 Å². The van der Waals surface area contributed by atoms with Crippen molar-refractivity contribution in [2.45, 2.75) is 58.3 Å². The van der Waals surface area contributed by atoms with Gasteiger partial charge in [0.25, 0.3) is 0 Å². The molecular weight excluding hydrogens is 160 g/mol. The quantitative estimate of drug-likeness (QED) is 0.596. The van der Waals surface area contributed by atoms with Crippen molar-refractivity contribution >= 4 is 0 Å². The van der Waals surface area contributed by atoms with Crippen LogP contribution in [0.2, 0.25) is 0 Å². The largest absolute Gasteiger partial charge is 0.299 e. The van der Waals surface area contributed by atoms with E-state index in [4.69, 9.17) is 0 Å². The molecule has 2 heterocycles. The first-order chi connectivity index (χ1) is 6.16. The van der Waals surface area contributed by atoms with Crippen LogP contribution in [0.25, 0.3) is 0 Å². The summed E-state index contributed by atoms with van der Waals surface area (Å²) in [5, 5.41) is 7.34. The highest BCUT2D eigenvalue weighted by atomic mass is 15.2. The molecule has 0 saturated carbocycles. The van der Waals surface area contributed by atoms with Crippen LogP contribution in [0.15, 0.2) is 0 Å². The van der Waals surface area contributed by atoms with Crippen molar-refractivity contribution in [3.8, 4) is 0 Å². The van der Waals surface area contributed by atoms with E-state index in [1.807, 2.05) is 0 Å². The maximum Gasteiger partial charge on any atom is 0.0607 e. The van der Waals surface area contributed by atoms with Crippen LogP contribution in [-0.4, -0.2) is 18.2 Å². The lowest BCUT2D eigenvalue weighted by atomic mass is 9.77. The lowest BCUT2D eigenvalue weighted by Gasteiger charge is -2.46. The Bertz CT molecular complexity index is 179. The van der Waals surface area contributed by atoms with Gasteiger partial charge in [-0.15, -0.1) is 0 Å². The highest BCUT2D eigenvalue weighted by Gasteiger charge is 2.36. The fourth-order valence-electron chi connectivity index (χ4n) is 3.01. The second-order valence-corrected chi connectivity index (χ2v) is 5.07. The summed E-state index contributed by atoms with van der Waals surface area (Å²) < 4.78 is 0. The molecule has 2 aliphatic rings. The maximum atomic E-state index is 3.67. The van der Waals surface area contributed by atoms with Crippen LogP contribution in [0.5, 0.6) is 0 Å². The molecule has 0 aromatic rings. The molecule has 0 bridgehead atoms. The van der Waals surface area contributed by atoms with Crippen LogP contribution in [0.4, 0.5) is 0 Å². The van der Waals surface area contributed by atoms with Crippen molar-refractivity contribution in [3.63, 3.8) is 0 Å². The van der Waals surface area contributed by atoms with E-state index in [1.165, 1.54) is 19.3 Å². The second kappa shape index (κ2) is 3.58. The summed E-state index contributed by atoms with van der Waals surface area (Å²) >= 11 is 0. The lowest BCUT2D eigenvalue weighted by Crippen LogP contribution is -2.61. The van der Waals surface area contributed by atoms with Gasteiger partial charge in [0, 0.05) is 12.1 Å². The Labute approximate surface area is 81.5 Å². The maximum absolute atomic E-state index is 3.67. The van der Waals surface area contributed by atoms with Crippen LogP contribution in [0.3, 0.4) is 0 Å². The fraction of sp³-hybridized carbons (Fsp3) is 1.00. The zero-order chi connectivity index (χ0) is 9.42. The highest BCUT2D eigenvalue weighted by molar-refractivity contribution is 4.92. The number of hydrogen-bond donors (Lipinski definition) is 2. The second-order valence-electron chi connectivity index (χ2n) is 5.07. The van der Waals surface area contributed by atoms with E-state index in [-0.39, 0.29) is 0 Å². The molecule has 2 aliphatic heterocycles. The molecule has 0 amide bonds. The summed E-state index contributed by atoms with van der Waals surface area (Å²) in [6, 6.07) is 1.39. The van der Waals surface area contributed by atoms with E-state index in [0.29, 0.717) is 18.2 Å². The molecule has 2 heteroatoms. The molecule has 2 rings (SSSR count). The van der Waals surface area contributed by atoms with E-state index >= 15 is 0 Å². The van der Waals surface area contributed by atoms with Crippen LogP contribution in [0.1, 0.15) is 40.0 Å². The van der Waals surface area contributed by atoms with E-state index in [1.54, 1.807) is 0 Å². The van der Waals surface area contributed by atoms with Gasteiger partial charge in [-0.2, -0.15) is 0 Å². The third-order valence-electron chi connectivity index (χ3n) is 3.75. The van der Waals surface area contributed by atoms with Gasteiger partial charge < -0.3 is 0 Å². The summed E-state index contributed by atoms with van der Waals surface area (Å²) in [7, 11) is 0. The third kappa shape index (κ3) is 1.89. The zero-order valence-electron chi connectivity index (χ0n) is 9.01. The molecule has 76 valence electrons. The Morgan fingerprint density at radius 2 is 1.62 bits per heavy atom. The van der Waals surface area contributed by atoms with Gasteiger partial charge in [0.1, 0.15) is 0 Å². The Morgan fingerprint density at radius 3 is 2.38 bits per heavy atom. The summed E-state index contributed by atoms with van der Waals surface area (Å²) in [4.78, 5) is 0. The number of piperidine rings is 2. The standard InChI is InChI=1S/C11H22N2/c1-7-6-9(3)13-11-10(7)5-4-8(2)12-11/h7-13H,4-6H2,1-3H3. The van der Waals surface area contributed by atoms with Crippen LogP contribution in [-0.2, 0) is 0 Å². The van der Waals surface area contributed by atoms with Crippen LogP contribution in [0, 0.1) is 11.8 Å². The molecule has 0 aliphatic carbocycles. The predicted molar refractivity (Wildman–Crippen MR) is 55.5 cm³/mol. The normalized spacial score (nSPS) is 51.5. The number of rotatable bonds is 0. The van der Waals surface area contributed by atoms with Crippen molar-refractivity contribution in [2.24, 2.45) is 11.8 Å². The fourth-order valence-corrected chi connectivity index (χ4v) is 3.01. The smallest absolute Gasteiger partial charge is 0.0607 e. The minimum Gasteiger partial charge on any atom is -0.299 e. The lowest BCUT2D eigenvalue weighted by molar-refractivity contribution is 0.0928. The molecule has 0 aromatic heterocycles. The van der Waals surface area contributed by atoms with E-state index < -0.39 is 0 Å². The van der Waals surface area contributed by atoms with Gasteiger partial charge >= 0.3 is 0 Å². The Morgan fingerprint density at radius 1 is 0.923 bits per heavy atom. The van der Waals surface area contributed by atoms with Crippen molar-refractivity contribution in [1.29, 1.82) is 0 Å². The first-order valence-corrected chi connectivity index (χ1v) is 5.69. The van der Waals surface area contributed by atoms with Gasteiger partial charge in [-0.1, -0.05) is 6.92 Å². The molecule has 2 fully saturated rings. The number of fused-ring (bicyclic) bond motifs is 1. The van der Waals surface area contributed by atoms with Crippen LogP contribution < -0.4 is 10.6 Å². The first-order valence-electron chi connectivity index (χ1n) is 5.69. The summed E-state index contributed by atoms with van der Waals surface area (Å²) in [5.74, 6) is 1.76. The van der Waals surface area contributed by atoms with Gasteiger partial charge in [-0.3, -0.25) is 10.6 Å². The average Bonchev–Trinajstić information content (AvgIpc) is 2.02. The summed E-state index contributed by atoms with van der Waals surface area (Å²) in [6.07, 6.45) is 4.68. The Hall–Kier alpha value is -0.0800. The highest BCUT2D eigenvalue weighted by Crippen LogP contribution is 2.32. The Balaban J connectivity index is 2.02. The zero-order valence-corrected chi connectivity index (χ0v) is 9.01. The monoisotopic (exact) mass is 182 g/mol. The van der Waals surface area contributed by atoms with Gasteiger partial charge in [-0.25, -0.2) is 0 Å². The predicted octanol–water partition coefficient (Wildman–Crippen LogP) is 1.72. The SMILES string of the molecule is CC1CCC2C(C)CC(C)NC2N1. The van der Waals surface area contributed by atoms with Crippen LogP contribution >= 0.6 is 0 Å². The van der Waals surface area contributed by atoms with E-state index in [2.05, 4.69) is 31.4 Å². The Kier molecular flexibility index (Phi) is 2.61. The van der Waals surface area contributed by atoms with Crippen molar-refractivity contribution < 1.29 is 0 Å². The summed E-state index contributed by atoms with van der Waals surface area (Å²) in [6.45, 7) is 7.00. The first kappa shape index (κ1) is 9.47. The molecule has 5 unspecified atom stereocenters. The minimum absolute atomic E-state index is 0.586. The molecule has 5 atom stereocenters. The molecule has 13 heavy (non-hydrogen) atoms. The molecule has 0 aromatic carbocycles. The van der Waals surface area contributed by atoms with Gasteiger partial charge in [0.15, 0.2) is 0 Å². The third-order valence-corrected chi connectivity index (χ3v) is 3.75. The van der Waals surface area contributed by atoms with Gasteiger partial charge in [0.2, 0.25) is 0 Å². The number of hydrogen-bond acceptors (Lipinski definition) is 2. The summed E-state index contributed by atoms with van der Waals surface area (Å²) in [5.41, 5.74) is 0. The van der Waals surface area contributed by atoms with Gasteiger partial charge in [0.05, 0.1) is 6.17 Å². The molecule has 2 nitrogen and oxygen atoms in total. The van der Waals surface area contributed by atoms with Crippen molar-refractivity contribution in [2.75, 3.05) is 0 Å². The van der Waals surface area contributed by atoms with E-state index in [9.17, 15) is 0 Å².